The maximum atomic E-state index is 12.1. The summed E-state index contributed by atoms with van der Waals surface area (Å²) < 4.78 is 0. The molecule has 0 spiro atoms. The number of amides is 1. The van der Waals surface area contributed by atoms with Gasteiger partial charge in [0.1, 0.15) is 0 Å². The van der Waals surface area contributed by atoms with Crippen LogP contribution >= 0.6 is 0 Å². The van der Waals surface area contributed by atoms with Crippen LogP contribution in [-0.2, 0) is 0 Å². The highest BCUT2D eigenvalue weighted by molar-refractivity contribution is 6.04. The van der Waals surface area contributed by atoms with E-state index in [-0.39, 0.29) is 5.91 Å². The van der Waals surface area contributed by atoms with E-state index < -0.39 is 0 Å². The molecule has 1 aromatic carbocycles. The Balaban J connectivity index is 1.60. The number of hydrogen-bond acceptors (Lipinski definition) is 3. The van der Waals surface area contributed by atoms with Crippen LogP contribution in [0.4, 0.5) is 0 Å². The predicted octanol–water partition coefficient (Wildman–Crippen LogP) is 1.39. The van der Waals surface area contributed by atoms with Gasteiger partial charge in [0.2, 0.25) is 0 Å². The lowest BCUT2D eigenvalue weighted by molar-refractivity contribution is 0.0946. The zero-order valence-electron chi connectivity index (χ0n) is 11.0. The summed E-state index contributed by atoms with van der Waals surface area (Å²) in [5.41, 5.74) is 1.37. The van der Waals surface area contributed by atoms with Gasteiger partial charge < -0.3 is 10.2 Å². The summed E-state index contributed by atoms with van der Waals surface area (Å²) in [5.74, 6) is -0.110. The van der Waals surface area contributed by atoms with Crippen LogP contribution in [0, 0.1) is 0 Å². The molecule has 5 heteroatoms. The first-order valence-corrected chi connectivity index (χ1v) is 6.67. The molecular weight excluding hydrogens is 240 g/mol. The molecule has 2 aromatic rings. The Labute approximate surface area is 112 Å². The number of nitrogens with zero attached hydrogens (tertiary/aromatic N) is 2. The molecule has 3 rings (SSSR count). The molecule has 0 aliphatic heterocycles. The van der Waals surface area contributed by atoms with E-state index in [0.29, 0.717) is 12.2 Å². The minimum Gasteiger partial charge on any atom is -0.349 e. The molecule has 1 fully saturated rings. The lowest BCUT2D eigenvalue weighted by atomic mass is 10.2. The molecule has 1 saturated carbocycles. The third-order valence-electron chi connectivity index (χ3n) is 3.61. The highest BCUT2D eigenvalue weighted by atomic mass is 16.1. The number of fused-ring (bicyclic) bond motifs is 1. The number of H-pyrrole nitrogens is 1. The molecule has 1 amide bonds. The average molecular weight is 258 g/mol. The Morgan fingerprint density at radius 2 is 2.26 bits per heavy atom. The number of aromatic nitrogens is 2. The van der Waals surface area contributed by atoms with Crippen LogP contribution in [0.25, 0.3) is 10.9 Å². The van der Waals surface area contributed by atoms with E-state index in [1.54, 1.807) is 0 Å². The summed E-state index contributed by atoms with van der Waals surface area (Å²) in [4.78, 5) is 14.4. The minimum absolute atomic E-state index is 0.110. The normalized spacial score (nSPS) is 15.1. The summed E-state index contributed by atoms with van der Waals surface area (Å²) >= 11 is 0. The summed E-state index contributed by atoms with van der Waals surface area (Å²) in [5, 5.41) is 10.8. The Morgan fingerprint density at radius 1 is 1.47 bits per heavy atom. The zero-order valence-corrected chi connectivity index (χ0v) is 11.0. The summed E-state index contributed by atoms with van der Waals surface area (Å²) in [6.45, 7) is 1.55. The Bertz CT molecular complexity index is 588. The molecule has 100 valence electrons. The van der Waals surface area contributed by atoms with Crippen molar-refractivity contribution in [2.75, 3.05) is 20.1 Å². The first-order valence-electron chi connectivity index (χ1n) is 6.67. The van der Waals surface area contributed by atoms with Crippen molar-refractivity contribution in [1.29, 1.82) is 0 Å². The highest BCUT2D eigenvalue weighted by Gasteiger charge is 2.25. The standard InChI is InChI=1S/C14H18N4O/c1-18(10-6-7-10)9-8-15-14(19)13-11-4-2-3-5-12(11)16-17-13/h2-5,10H,6-9H2,1H3,(H,15,19)(H,16,17). The molecule has 0 radical (unpaired) electrons. The van der Waals surface area contributed by atoms with Gasteiger partial charge in [0, 0.05) is 24.5 Å². The number of aromatic amines is 1. The number of carbonyl (C=O) groups excluding carboxylic acids is 1. The molecule has 5 nitrogen and oxygen atoms in total. The Kier molecular flexibility index (Phi) is 3.21. The summed E-state index contributed by atoms with van der Waals surface area (Å²) in [6.07, 6.45) is 2.57. The number of hydrogen-bond donors (Lipinski definition) is 2. The minimum atomic E-state index is -0.110. The lowest BCUT2D eigenvalue weighted by Gasteiger charge is -2.15. The third kappa shape index (κ3) is 2.61. The molecule has 19 heavy (non-hydrogen) atoms. The van der Waals surface area contributed by atoms with Gasteiger partial charge in [-0.05, 0) is 26.0 Å². The van der Waals surface area contributed by atoms with Crippen molar-refractivity contribution in [3.8, 4) is 0 Å². The number of para-hydroxylation sites is 1. The maximum Gasteiger partial charge on any atom is 0.272 e. The van der Waals surface area contributed by atoms with Gasteiger partial charge in [-0.15, -0.1) is 0 Å². The second-order valence-corrected chi connectivity index (χ2v) is 5.09. The first kappa shape index (κ1) is 12.2. The monoisotopic (exact) mass is 258 g/mol. The van der Waals surface area contributed by atoms with Gasteiger partial charge in [0.05, 0.1) is 5.52 Å². The van der Waals surface area contributed by atoms with Crippen molar-refractivity contribution in [3.63, 3.8) is 0 Å². The van der Waals surface area contributed by atoms with Crippen LogP contribution in [0.1, 0.15) is 23.3 Å². The molecule has 1 heterocycles. The largest absolute Gasteiger partial charge is 0.349 e. The quantitative estimate of drug-likeness (QED) is 0.852. The van der Waals surface area contributed by atoms with E-state index in [0.717, 1.165) is 23.5 Å². The number of likely N-dealkylation sites (N-methyl/N-ethyl adjacent to an activating group) is 1. The molecular formula is C14H18N4O. The van der Waals surface area contributed by atoms with Gasteiger partial charge in [0.15, 0.2) is 5.69 Å². The molecule has 1 aliphatic carbocycles. The molecule has 0 unspecified atom stereocenters. The van der Waals surface area contributed by atoms with Gasteiger partial charge in [0.25, 0.3) is 5.91 Å². The summed E-state index contributed by atoms with van der Waals surface area (Å²) in [6, 6.07) is 8.38. The van der Waals surface area contributed by atoms with Crippen LogP contribution in [0.15, 0.2) is 24.3 Å². The molecule has 0 bridgehead atoms. The van der Waals surface area contributed by atoms with E-state index in [1.807, 2.05) is 24.3 Å². The molecule has 1 aromatic heterocycles. The van der Waals surface area contributed by atoms with Gasteiger partial charge in [-0.25, -0.2) is 0 Å². The molecule has 1 aliphatic rings. The Hall–Kier alpha value is -1.88. The van der Waals surface area contributed by atoms with Gasteiger partial charge in [-0.1, -0.05) is 18.2 Å². The van der Waals surface area contributed by atoms with Gasteiger partial charge in [-0.2, -0.15) is 5.10 Å². The van der Waals surface area contributed by atoms with Gasteiger partial charge >= 0.3 is 0 Å². The van der Waals surface area contributed by atoms with E-state index in [4.69, 9.17) is 0 Å². The zero-order chi connectivity index (χ0) is 13.2. The van der Waals surface area contributed by atoms with Crippen molar-refractivity contribution >= 4 is 16.8 Å². The van der Waals surface area contributed by atoms with Crippen molar-refractivity contribution < 1.29 is 4.79 Å². The van der Waals surface area contributed by atoms with E-state index in [9.17, 15) is 4.79 Å². The predicted molar refractivity (Wildman–Crippen MR) is 74.1 cm³/mol. The molecule has 0 saturated heterocycles. The number of carbonyl (C=O) groups is 1. The van der Waals surface area contributed by atoms with E-state index in [1.165, 1.54) is 12.8 Å². The number of nitrogens with one attached hydrogen (secondary N) is 2. The maximum absolute atomic E-state index is 12.1. The van der Waals surface area contributed by atoms with Crippen LogP contribution < -0.4 is 5.32 Å². The van der Waals surface area contributed by atoms with Crippen LogP contribution in [-0.4, -0.2) is 47.2 Å². The topological polar surface area (TPSA) is 61.0 Å². The smallest absolute Gasteiger partial charge is 0.272 e. The fraction of sp³-hybridized carbons (Fsp3) is 0.429. The van der Waals surface area contributed by atoms with Gasteiger partial charge in [-0.3, -0.25) is 9.89 Å². The SMILES string of the molecule is CN(CCNC(=O)c1n[nH]c2ccccc12)C1CC1. The van der Waals surface area contributed by atoms with E-state index >= 15 is 0 Å². The third-order valence-corrected chi connectivity index (χ3v) is 3.61. The second-order valence-electron chi connectivity index (χ2n) is 5.09. The van der Waals surface area contributed by atoms with Crippen LogP contribution in [0.3, 0.4) is 0 Å². The number of benzene rings is 1. The van der Waals surface area contributed by atoms with Crippen molar-refractivity contribution in [3.05, 3.63) is 30.0 Å². The lowest BCUT2D eigenvalue weighted by Crippen LogP contribution is -2.34. The summed E-state index contributed by atoms with van der Waals surface area (Å²) in [7, 11) is 2.10. The second kappa shape index (κ2) is 5.01. The average Bonchev–Trinajstić information content (AvgIpc) is 3.18. The van der Waals surface area contributed by atoms with Crippen molar-refractivity contribution in [1.82, 2.24) is 20.4 Å². The molecule has 2 N–H and O–H groups in total. The van der Waals surface area contributed by atoms with Crippen molar-refractivity contribution in [2.24, 2.45) is 0 Å². The van der Waals surface area contributed by atoms with Crippen LogP contribution in [0.5, 0.6) is 0 Å². The van der Waals surface area contributed by atoms with E-state index in [2.05, 4.69) is 27.5 Å². The number of rotatable bonds is 5. The Morgan fingerprint density at radius 3 is 3.05 bits per heavy atom. The first-order chi connectivity index (χ1) is 9.25. The van der Waals surface area contributed by atoms with Crippen molar-refractivity contribution in [2.45, 2.75) is 18.9 Å². The molecule has 0 atom stereocenters. The fourth-order valence-electron chi connectivity index (χ4n) is 2.26. The fourth-order valence-corrected chi connectivity index (χ4v) is 2.26. The highest BCUT2D eigenvalue weighted by Crippen LogP contribution is 2.24. The van der Waals surface area contributed by atoms with Crippen LogP contribution in [0.2, 0.25) is 0 Å².